The van der Waals surface area contributed by atoms with Crippen LogP contribution in [0.15, 0.2) is 36.4 Å². The van der Waals surface area contributed by atoms with Crippen LogP contribution in [0.3, 0.4) is 0 Å². The standard InChI is InChI=1S/C21H32O2S2.C20H32OS2.C17H24O2S2.C16H24OS2.C11H12O2S2.C10H12OS2/c1-4-5-6-7-8-9-10-11-12-13-14-23-21(22)19-15-18-16(2)24-17(3)20(18)25-19;1-4-5-6-7-8-9-10-11-12-13-14-21-19-15-18-16(2)22-17(3)20(18)23-19;1-4-5-6-7-8-9-10-19-17(18)15-11-14-12(2)20-13(3)16(14)21-15;1-4-5-6-7-8-9-10-17-15-11-14-12(2)18-13(3)16(14)19-15;1-4-13-11(12)9-5-8-6(2)14-7(3)10(8)15-9;1-4-11-9-5-8-6(2)12-7(3)10(8)13-9/h15H,4-14H2,1-3H3;15H,4-14H2,1-3H3;11H,4-10H2,1-3H3;11H,4-10H2,1-3H3;5H,4H2,1-3H3;5H,4H2,1-3H3. The van der Waals surface area contributed by atoms with E-state index in [4.69, 9.17) is 28.4 Å². The third-order valence-electron chi connectivity index (χ3n) is 20.5. The van der Waals surface area contributed by atoms with Crippen LogP contribution >= 0.6 is 136 Å². The Morgan fingerprint density at radius 3 is 0.647 bits per heavy atom. The fourth-order valence-corrected chi connectivity index (χ4v) is 27.5. The molecule has 21 heteroatoms. The average molecular weight is 1810 g/mol. The lowest BCUT2D eigenvalue weighted by molar-refractivity contribution is 0.0494. The van der Waals surface area contributed by atoms with Crippen molar-refractivity contribution in [3.05, 3.63) is 110 Å². The quantitative estimate of drug-likeness (QED) is 0.0210. The smallest absolute Gasteiger partial charge is 0.348 e. The van der Waals surface area contributed by atoms with E-state index in [0.717, 1.165) is 64.0 Å². The van der Waals surface area contributed by atoms with Crippen molar-refractivity contribution in [3.8, 4) is 15.2 Å². The molecule has 0 amide bonds. The van der Waals surface area contributed by atoms with Gasteiger partial charge in [-0.05, 0) is 141 Å². The summed E-state index contributed by atoms with van der Waals surface area (Å²) in [6, 6.07) is 12.5. The molecule has 0 N–H and O–H groups in total. The van der Waals surface area contributed by atoms with E-state index in [1.54, 1.807) is 79.4 Å². The van der Waals surface area contributed by atoms with Crippen molar-refractivity contribution >= 4 is 214 Å². The molecule has 116 heavy (non-hydrogen) atoms. The van der Waals surface area contributed by atoms with Crippen LogP contribution in [-0.2, 0) is 14.2 Å². The molecule has 12 rings (SSSR count). The predicted molar refractivity (Wildman–Crippen MR) is 524 cm³/mol. The monoisotopic (exact) mass is 1800 g/mol. The summed E-state index contributed by atoms with van der Waals surface area (Å²) in [5.41, 5.74) is 0. The molecule has 0 saturated carbocycles. The normalized spacial score (nSPS) is 11.2. The Labute approximate surface area is 744 Å². The number of rotatable bonds is 44. The first-order valence-electron chi connectivity index (χ1n) is 43.4. The van der Waals surface area contributed by atoms with Gasteiger partial charge in [0, 0.05) is 123 Å². The Morgan fingerprint density at radius 2 is 0.422 bits per heavy atom. The number of ether oxygens (including phenoxy) is 6. The molecule has 12 aromatic heterocycles. The third kappa shape index (κ3) is 31.9. The highest BCUT2D eigenvalue weighted by Gasteiger charge is 2.20. The molecule has 0 fully saturated rings. The summed E-state index contributed by atoms with van der Waals surface area (Å²) >= 11 is 21.1. The number of carbonyl (C=O) groups excluding carboxylic acids is 3. The molecule has 12 heterocycles. The van der Waals surface area contributed by atoms with E-state index in [9.17, 15) is 14.4 Å². The molecule has 0 bridgehead atoms. The molecular formula is C95H136O9S12. The van der Waals surface area contributed by atoms with E-state index in [2.05, 4.69) is 129 Å². The number of aryl methyl sites for hydroxylation is 12. The van der Waals surface area contributed by atoms with E-state index in [0.29, 0.717) is 24.7 Å². The van der Waals surface area contributed by atoms with Crippen LogP contribution < -0.4 is 14.2 Å². The summed E-state index contributed by atoms with van der Waals surface area (Å²) in [5.74, 6) is -0.517. The van der Waals surface area contributed by atoms with Gasteiger partial charge >= 0.3 is 17.9 Å². The van der Waals surface area contributed by atoms with Gasteiger partial charge in [0.1, 0.15) is 14.6 Å². The van der Waals surface area contributed by atoms with E-state index >= 15 is 0 Å². The molecule has 0 aliphatic carbocycles. The van der Waals surface area contributed by atoms with Gasteiger partial charge in [0.25, 0.3) is 0 Å². The second kappa shape index (κ2) is 54.3. The van der Waals surface area contributed by atoms with Crippen molar-refractivity contribution in [3.63, 3.8) is 0 Å². The van der Waals surface area contributed by atoms with Crippen molar-refractivity contribution in [2.45, 2.75) is 330 Å². The Balaban J connectivity index is 0.000000195. The SMILES string of the molecule is CCCCCCCCCCCCOC(=O)c1cc2c(C)sc(C)c2s1.CCCCCCCCCCCCOc1cc2c(C)sc(C)c2s1.CCCCCCCCOC(=O)c1cc2c(C)sc(C)c2s1.CCCCCCCCOc1cc2c(C)sc(C)c2s1.CCOC(=O)c1cc2c(C)sc(C)c2s1.CCOc1cc2c(C)sc(C)c2s1. The third-order valence-corrected chi connectivity index (χ3v) is 34.7. The minimum atomic E-state index is -0.206. The highest BCUT2D eigenvalue weighted by molar-refractivity contribution is 7.28. The molecule has 0 aliphatic rings. The van der Waals surface area contributed by atoms with Gasteiger partial charge in [-0.3, -0.25) is 0 Å². The summed E-state index contributed by atoms with van der Waals surface area (Å²) < 4.78 is 41.1. The number of carbonyl (C=O) groups is 3. The number of fused-ring (bicyclic) bond motifs is 6. The van der Waals surface area contributed by atoms with Crippen molar-refractivity contribution < 1.29 is 42.8 Å². The molecule has 642 valence electrons. The molecule has 0 aromatic carbocycles. The maximum atomic E-state index is 12.2. The molecule has 0 radical (unpaired) electrons. The second-order valence-corrected chi connectivity index (χ2v) is 45.1. The van der Waals surface area contributed by atoms with Gasteiger partial charge < -0.3 is 28.4 Å². The van der Waals surface area contributed by atoms with Crippen LogP contribution in [0, 0.1) is 83.1 Å². The lowest BCUT2D eigenvalue weighted by Crippen LogP contribution is -2.04. The van der Waals surface area contributed by atoms with Gasteiger partial charge in [-0.15, -0.1) is 102 Å². The Morgan fingerprint density at radius 1 is 0.216 bits per heavy atom. The zero-order chi connectivity index (χ0) is 83.9. The van der Waals surface area contributed by atoms with E-state index in [1.807, 2.05) is 77.4 Å². The lowest BCUT2D eigenvalue weighted by Gasteiger charge is -2.04. The van der Waals surface area contributed by atoms with E-state index < -0.39 is 0 Å². The zero-order valence-corrected chi connectivity index (χ0v) is 83.2. The van der Waals surface area contributed by atoms with Crippen molar-refractivity contribution in [2.75, 3.05) is 39.6 Å². The average Bonchev–Trinajstić information content (AvgIpc) is 1.64. The van der Waals surface area contributed by atoms with E-state index in [1.165, 1.54) is 317 Å². The summed E-state index contributed by atoms with van der Waals surface area (Å²) in [6.07, 6.45) is 41.9. The molecule has 0 saturated heterocycles. The van der Waals surface area contributed by atoms with Gasteiger partial charge in [-0.1, -0.05) is 241 Å². The molecular weight excluding hydrogens is 1670 g/mol. The topological polar surface area (TPSA) is 107 Å². The van der Waals surface area contributed by atoms with Crippen LogP contribution in [0.5, 0.6) is 15.2 Å². The molecule has 9 nitrogen and oxygen atoms in total. The minimum absolute atomic E-state index is 0.152. The summed E-state index contributed by atoms with van der Waals surface area (Å²) in [7, 11) is 0. The highest BCUT2D eigenvalue weighted by Crippen LogP contribution is 2.45. The first kappa shape index (κ1) is 98.9. The minimum Gasteiger partial charge on any atom is -0.484 e. The van der Waals surface area contributed by atoms with Gasteiger partial charge in [-0.25, -0.2) is 14.4 Å². The maximum Gasteiger partial charge on any atom is 0.348 e. The van der Waals surface area contributed by atoms with E-state index in [-0.39, 0.29) is 17.9 Å². The molecule has 12 aromatic rings. The first-order valence-corrected chi connectivity index (χ1v) is 53.2. The second-order valence-electron chi connectivity index (χ2n) is 30.3. The molecule has 0 unspecified atom stereocenters. The zero-order valence-electron chi connectivity index (χ0n) is 73.4. The summed E-state index contributed by atoms with van der Waals surface area (Å²) in [6.45, 7) is 42.7. The Hall–Kier alpha value is -4.23. The van der Waals surface area contributed by atoms with Crippen LogP contribution in [0.25, 0.3) is 60.5 Å². The summed E-state index contributed by atoms with van der Waals surface area (Å²) in [4.78, 5) is 54.2. The van der Waals surface area contributed by atoms with Crippen LogP contribution in [0.2, 0.25) is 0 Å². The first-order chi connectivity index (χ1) is 56.0. The number of esters is 3. The number of unbranched alkanes of at least 4 members (excludes halogenated alkanes) is 28. The van der Waals surface area contributed by atoms with Gasteiger partial charge in [0.2, 0.25) is 0 Å². The van der Waals surface area contributed by atoms with Crippen molar-refractivity contribution in [1.29, 1.82) is 0 Å². The molecule has 0 spiro atoms. The number of thiophene rings is 12. The molecule has 0 aliphatic heterocycles. The van der Waals surface area contributed by atoms with Crippen molar-refractivity contribution in [1.82, 2.24) is 0 Å². The largest absolute Gasteiger partial charge is 0.484 e. The Bertz CT molecular complexity index is 4590. The predicted octanol–water partition coefficient (Wildman–Crippen LogP) is 35.7. The molecule has 0 atom stereocenters. The van der Waals surface area contributed by atoms with Crippen molar-refractivity contribution in [2.24, 2.45) is 0 Å². The van der Waals surface area contributed by atoms with Crippen LogP contribution in [-0.4, -0.2) is 57.5 Å². The van der Waals surface area contributed by atoms with Crippen LogP contribution in [0.1, 0.15) is 335 Å². The summed E-state index contributed by atoms with van der Waals surface area (Å²) in [5, 5.41) is 11.0. The highest BCUT2D eigenvalue weighted by atomic mass is 32.1. The lowest BCUT2D eigenvalue weighted by atomic mass is 10.1. The number of hydrogen-bond acceptors (Lipinski definition) is 21. The fourth-order valence-electron chi connectivity index (χ4n) is 14.0. The van der Waals surface area contributed by atoms with Crippen LogP contribution in [0.4, 0.5) is 0 Å². The van der Waals surface area contributed by atoms with Gasteiger partial charge in [0.15, 0.2) is 15.2 Å². The Kier molecular flexibility index (Phi) is 46.3. The number of hydrogen-bond donors (Lipinski definition) is 0. The fraction of sp³-hybridized carbons (Fsp3) is 0.589. The maximum absolute atomic E-state index is 12.2. The van der Waals surface area contributed by atoms with Gasteiger partial charge in [-0.2, -0.15) is 0 Å². The van der Waals surface area contributed by atoms with Gasteiger partial charge in [0.05, 0.1) is 53.7 Å².